The molecule has 0 aliphatic heterocycles. The number of methoxy groups -OCH3 is 2. The highest BCUT2D eigenvalue weighted by Crippen LogP contribution is 2.27. The average Bonchev–Trinajstić information content (AvgIpc) is 2.49. The lowest BCUT2D eigenvalue weighted by molar-refractivity contribution is 0.0374. The van der Waals surface area contributed by atoms with E-state index in [4.69, 9.17) is 18.9 Å². The number of rotatable bonds is 8. The van der Waals surface area contributed by atoms with Gasteiger partial charge in [-0.15, -0.1) is 0 Å². The van der Waals surface area contributed by atoms with Gasteiger partial charge >= 0.3 is 11.9 Å². The van der Waals surface area contributed by atoms with Crippen molar-refractivity contribution in [1.29, 1.82) is 0 Å². The molecule has 1 aromatic rings. The summed E-state index contributed by atoms with van der Waals surface area (Å²) < 4.78 is 20.6. The minimum atomic E-state index is -0.510. The quantitative estimate of drug-likeness (QED) is 0.458. The lowest BCUT2D eigenvalue weighted by Crippen LogP contribution is -2.13. The number of ether oxygens (including phenoxy) is 4. The molecule has 0 spiro atoms. The van der Waals surface area contributed by atoms with Crippen molar-refractivity contribution in [3.05, 3.63) is 32.2 Å². The molecular formula is C14H16Br2O6. The second kappa shape index (κ2) is 9.94. The Balaban J connectivity index is 2.82. The van der Waals surface area contributed by atoms with Crippen LogP contribution in [0.25, 0.3) is 0 Å². The largest absolute Gasteiger partial charge is 0.460 e. The lowest BCUT2D eigenvalue weighted by atomic mass is 10.1. The summed E-state index contributed by atoms with van der Waals surface area (Å²) in [5.41, 5.74) is 0.604. The number of hydrogen-bond donors (Lipinski definition) is 0. The first-order chi connectivity index (χ1) is 10.5. The number of benzene rings is 1. The molecule has 0 unspecified atom stereocenters. The van der Waals surface area contributed by atoms with Crippen LogP contribution in [-0.4, -0.2) is 52.6 Å². The van der Waals surface area contributed by atoms with Gasteiger partial charge in [0.15, 0.2) is 0 Å². The first kappa shape index (κ1) is 19.1. The lowest BCUT2D eigenvalue weighted by Gasteiger charge is -2.10. The molecule has 0 amide bonds. The molecule has 8 heteroatoms. The summed E-state index contributed by atoms with van der Waals surface area (Å²) in [5.74, 6) is -1.02. The summed E-state index contributed by atoms with van der Waals surface area (Å²) in [5, 5.41) is 0. The highest BCUT2D eigenvalue weighted by atomic mass is 79.9. The van der Waals surface area contributed by atoms with E-state index in [-0.39, 0.29) is 13.2 Å². The van der Waals surface area contributed by atoms with Crippen LogP contribution in [0.2, 0.25) is 0 Å². The van der Waals surface area contributed by atoms with Crippen molar-refractivity contribution in [2.45, 2.75) is 0 Å². The molecule has 6 nitrogen and oxygen atoms in total. The highest BCUT2D eigenvalue weighted by molar-refractivity contribution is 9.11. The van der Waals surface area contributed by atoms with Gasteiger partial charge in [0.05, 0.1) is 24.3 Å². The van der Waals surface area contributed by atoms with Crippen LogP contribution in [0.15, 0.2) is 21.1 Å². The Morgan fingerprint density at radius 1 is 0.818 bits per heavy atom. The predicted molar refractivity (Wildman–Crippen MR) is 86.2 cm³/mol. The van der Waals surface area contributed by atoms with E-state index in [1.165, 1.54) is 26.4 Å². The van der Waals surface area contributed by atoms with Gasteiger partial charge in [-0.1, -0.05) is 0 Å². The molecule has 0 aliphatic carbocycles. The van der Waals surface area contributed by atoms with Gasteiger partial charge in [-0.2, -0.15) is 0 Å². The summed E-state index contributed by atoms with van der Waals surface area (Å²) in [7, 11) is 3.04. The van der Waals surface area contributed by atoms with E-state index >= 15 is 0 Å². The fourth-order valence-electron chi connectivity index (χ4n) is 1.45. The normalized spacial score (nSPS) is 10.4. The highest BCUT2D eigenvalue weighted by Gasteiger charge is 2.19. The Morgan fingerprint density at radius 3 is 1.50 bits per heavy atom. The zero-order valence-electron chi connectivity index (χ0n) is 12.2. The summed E-state index contributed by atoms with van der Waals surface area (Å²) in [6.07, 6.45) is 0. The van der Waals surface area contributed by atoms with Gasteiger partial charge < -0.3 is 18.9 Å². The molecule has 0 aromatic heterocycles. The van der Waals surface area contributed by atoms with E-state index < -0.39 is 11.9 Å². The van der Waals surface area contributed by atoms with Crippen molar-refractivity contribution >= 4 is 43.8 Å². The summed E-state index contributed by atoms with van der Waals surface area (Å²) in [4.78, 5) is 23.8. The van der Waals surface area contributed by atoms with Crippen molar-refractivity contribution in [2.75, 3.05) is 40.6 Å². The topological polar surface area (TPSA) is 71.1 Å². The maximum atomic E-state index is 11.9. The van der Waals surface area contributed by atoms with E-state index in [1.807, 2.05) is 0 Å². The smallest absolute Gasteiger partial charge is 0.339 e. The molecule has 0 radical (unpaired) electrons. The Morgan fingerprint density at radius 2 is 1.18 bits per heavy atom. The van der Waals surface area contributed by atoms with Crippen LogP contribution in [0, 0.1) is 0 Å². The van der Waals surface area contributed by atoms with Crippen molar-refractivity contribution in [3.8, 4) is 0 Å². The molecule has 0 fully saturated rings. The minimum Gasteiger partial charge on any atom is -0.460 e. The van der Waals surface area contributed by atoms with Gasteiger partial charge in [0, 0.05) is 23.2 Å². The Hall–Kier alpha value is -0.960. The second-order valence-corrected chi connectivity index (χ2v) is 5.78. The third-order valence-corrected chi connectivity index (χ3v) is 3.85. The Kier molecular flexibility index (Phi) is 8.62. The number of hydrogen-bond acceptors (Lipinski definition) is 6. The number of carbonyl (C=O) groups is 2. The van der Waals surface area contributed by atoms with Crippen molar-refractivity contribution in [3.63, 3.8) is 0 Å². The maximum absolute atomic E-state index is 11.9. The van der Waals surface area contributed by atoms with Crippen molar-refractivity contribution in [1.82, 2.24) is 0 Å². The van der Waals surface area contributed by atoms with Crippen LogP contribution in [0.4, 0.5) is 0 Å². The summed E-state index contributed by atoms with van der Waals surface area (Å²) in [6.45, 7) is 0.934. The maximum Gasteiger partial charge on any atom is 0.339 e. The fourth-order valence-corrected chi connectivity index (χ4v) is 2.46. The SMILES string of the molecule is COCCOC(=O)c1cc(Br)c(C(=O)OCCOC)cc1Br. The van der Waals surface area contributed by atoms with E-state index in [1.54, 1.807) is 0 Å². The van der Waals surface area contributed by atoms with Crippen LogP contribution in [0.1, 0.15) is 20.7 Å². The first-order valence-electron chi connectivity index (χ1n) is 6.32. The molecular weight excluding hydrogens is 424 g/mol. The molecule has 1 aromatic carbocycles. The third-order valence-electron chi connectivity index (χ3n) is 2.54. The van der Waals surface area contributed by atoms with E-state index in [0.717, 1.165) is 0 Å². The van der Waals surface area contributed by atoms with Crippen LogP contribution in [-0.2, 0) is 18.9 Å². The predicted octanol–water partition coefficient (Wildman–Crippen LogP) is 2.82. The van der Waals surface area contributed by atoms with Gasteiger partial charge in [0.1, 0.15) is 13.2 Å². The standard InChI is InChI=1S/C14H16Br2O6/c1-19-3-5-21-13(17)9-7-12(16)10(8-11(9)15)14(18)22-6-4-20-2/h7-8H,3-6H2,1-2H3. The molecule has 22 heavy (non-hydrogen) atoms. The summed E-state index contributed by atoms with van der Waals surface area (Å²) in [6, 6.07) is 3.01. The number of halogens is 2. The zero-order chi connectivity index (χ0) is 16.5. The fraction of sp³-hybridized carbons (Fsp3) is 0.429. The van der Waals surface area contributed by atoms with E-state index in [0.29, 0.717) is 33.3 Å². The molecule has 0 N–H and O–H groups in total. The Labute approximate surface area is 145 Å². The monoisotopic (exact) mass is 438 g/mol. The third kappa shape index (κ3) is 5.68. The minimum absolute atomic E-state index is 0.153. The Bertz CT molecular complexity index is 485. The van der Waals surface area contributed by atoms with Crippen molar-refractivity contribution < 1.29 is 28.5 Å². The first-order valence-corrected chi connectivity index (χ1v) is 7.91. The van der Waals surface area contributed by atoms with E-state index in [2.05, 4.69) is 31.9 Å². The molecule has 0 heterocycles. The van der Waals surface area contributed by atoms with Gasteiger partial charge in [-0.25, -0.2) is 9.59 Å². The van der Waals surface area contributed by atoms with Gasteiger partial charge in [0.25, 0.3) is 0 Å². The van der Waals surface area contributed by atoms with Gasteiger partial charge in [-0.3, -0.25) is 0 Å². The van der Waals surface area contributed by atoms with E-state index in [9.17, 15) is 9.59 Å². The molecule has 0 bridgehead atoms. The molecule has 0 saturated heterocycles. The van der Waals surface area contributed by atoms with Crippen LogP contribution in [0.5, 0.6) is 0 Å². The molecule has 1 rings (SSSR count). The van der Waals surface area contributed by atoms with Crippen LogP contribution >= 0.6 is 31.9 Å². The average molecular weight is 440 g/mol. The molecule has 0 atom stereocenters. The number of esters is 2. The van der Waals surface area contributed by atoms with Crippen molar-refractivity contribution in [2.24, 2.45) is 0 Å². The summed E-state index contributed by atoms with van der Waals surface area (Å²) >= 11 is 6.51. The number of carbonyl (C=O) groups excluding carboxylic acids is 2. The zero-order valence-corrected chi connectivity index (χ0v) is 15.4. The molecule has 122 valence electrons. The van der Waals surface area contributed by atoms with Gasteiger partial charge in [0.2, 0.25) is 0 Å². The van der Waals surface area contributed by atoms with Crippen LogP contribution < -0.4 is 0 Å². The second-order valence-electron chi connectivity index (χ2n) is 4.07. The van der Waals surface area contributed by atoms with Gasteiger partial charge in [-0.05, 0) is 44.0 Å². The van der Waals surface area contributed by atoms with Crippen LogP contribution in [0.3, 0.4) is 0 Å². The molecule has 0 aliphatic rings. The molecule has 0 saturated carbocycles.